The number of benzene rings is 1. The summed E-state index contributed by atoms with van der Waals surface area (Å²) in [4.78, 5) is 0.0805. The van der Waals surface area contributed by atoms with Crippen molar-refractivity contribution in [1.29, 1.82) is 0 Å². The molecule has 1 aliphatic heterocycles. The van der Waals surface area contributed by atoms with Crippen molar-refractivity contribution in [3.63, 3.8) is 0 Å². The number of hydrogen-bond acceptors (Lipinski definition) is 5. The van der Waals surface area contributed by atoms with Gasteiger partial charge in [0, 0.05) is 12.1 Å². The van der Waals surface area contributed by atoms with E-state index in [1.54, 1.807) is 13.2 Å². The summed E-state index contributed by atoms with van der Waals surface area (Å²) in [5.74, 6) is 0.605. The van der Waals surface area contributed by atoms with Crippen molar-refractivity contribution >= 4 is 15.7 Å². The van der Waals surface area contributed by atoms with Gasteiger partial charge in [-0.2, -0.15) is 0 Å². The predicted molar refractivity (Wildman–Crippen MR) is 83.1 cm³/mol. The number of anilines is 1. The molecule has 6 nitrogen and oxygen atoms in total. The van der Waals surface area contributed by atoms with Gasteiger partial charge in [0.25, 0.3) is 0 Å². The summed E-state index contributed by atoms with van der Waals surface area (Å²) >= 11 is 0. The molecule has 0 radical (unpaired) electrons. The molecule has 1 aliphatic rings. The third-order valence-electron chi connectivity index (χ3n) is 3.70. The van der Waals surface area contributed by atoms with E-state index in [9.17, 15) is 8.42 Å². The summed E-state index contributed by atoms with van der Waals surface area (Å²) in [5, 5.41) is 11.9. The van der Waals surface area contributed by atoms with Gasteiger partial charge in [-0.15, -0.1) is 0 Å². The van der Waals surface area contributed by atoms with Gasteiger partial charge >= 0.3 is 0 Å². The van der Waals surface area contributed by atoms with Crippen molar-refractivity contribution in [2.24, 2.45) is 5.14 Å². The van der Waals surface area contributed by atoms with E-state index in [1.165, 1.54) is 25.0 Å². The molecule has 1 heterocycles. The smallest absolute Gasteiger partial charge is 0.238 e. The number of ether oxygens (including phenoxy) is 1. The fourth-order valence-electron chi connectivity index (χ4n) is 2.69. The lowest BCUT2D eigenvalue weighted by atomic mass is 10.1. The van der Waals surface area contributed by atoms with Gasteiger partial charge in [0.15, 0.2) is 0 Å². The van der Waals surface area contributed by atoms with Crippen molar-refractivity contribution in [3.05, 3.63) is 18.2 Å². The van der Waals surface area contributed by atoms with Gasteiger partial charge in [0.1, 0.15) is 5.75 Å². The Kier molecular flexibility index (Phi) is 5.08. The molecule has 0 aliphatic carbocycles. The molecule has 0 amide bonds. The standard InChI is InChI=1S/C14H23N3O3S/c1-10(8-11-4-3-7-16-11)17-13-9-12(21(15,18)19)5-6-14(13)20-2/h5-6,9-11,16-17H,3-4,7-8H2,1-2H3,(H2,15,18,19). The second-order valence-corrected chi connectivity index (χ2v) is 7.04. The fraction of sp³-hybridized carbons (Fsp3) is 0.571. The van der Waals surface area contributed by atoms with E-state index in [0.29, 0.717) is 17.5 Å². The van der Waals surface area contributed by atoms with E-state index < -0.39 is 10.0 Å². The number of primary sulfonamides is 1. The van der Waals surface area contributed by atoms with Crippen LogP contribution in [0.3, 0.4) is 0 Å². The minimum Gasteiger partial charge on any atom is -0.495 e. The first-order chi connectivity index (χ1) is 9.90. The first-order valence-corrected chi connectivity index (χ1v) is 8.65. The van der Waals surface area contributed by atoms with Gasteiger partial charge < -0.3 is 15.4 Å². The van der Waals surface area contributed by atoms with Crippen LogP contribution in [0.1, 0.15) is 26.2 Å². The molecule has 1 aromatic rings. The van der Waals surface area contributed by atoms with E-state index in [0.717, 1.165) is 13.0 Å². The normalized spacial score (nSPS) is 20.2. The van der Waals surface area contributed by atoms with Gasteiger partial charge in [0.05, 0.1) is 17.7 Å². The Labute approximate surface area is 126 Å². The molecule has 7 heteroatoms. The zero-order valence-corrected chi connectivity index (χ0v) is 13.2. The van der Waals surface area contributed by atoms with Gasteiger partial charge in [-0.1, -0.05) is 0 Å². The van der Waals surface area contributed by atoms with Crippen LogP contribution in [-0.4, -0.2) is 34.2 Å². The first kappa shape index (κ1) is 16.1. The SMILES string of the molecule is COc1ccc(S(N)(=O)=O)cc1NC(C)CC1CCCN1. The molecule has 2 unspecified atom stereocenters. The van der Waals surface area contributed by atoms with Crippen LogP contribution in [0, 0.1) is 0 Å². The molecule has 1 fully saturated rings. The highest BCUT2D eigenvalue weighted by molar-refractivity contribution is 7.89. The minimum absolute atomic E-state index is 0.0805. The van der Waals surface area contributed by atoms with Crippen LogP contribution in [0.25, 0.3) is 0 Å². The lowest BCUT2D eigenvalue weighted by Gasteiger charge is -2.21. The first-order valence-electron chi connectivity index (χ1n) is 7.11. The van der Waals surface area contributed by atoms with Crippen molar-refractivity contribution < 1.29 is 13.2 Å². The molecule has 4 N–H and O–H groups in total. The predicted octanol–water partition coefficient (Wildman–Crippen LogP) is 1.29. The Morgan fingerprint density at radius 1 is 1.52 bits per heavy atom. The van der Waals surface area contributed by atoms with Crippen LogP contribution in [-0.2, 0) is 10.0 Å². The Balaban J connectivity index is 2.12. The summed E-state index contributed by atoms with van der Waals surface area (Å²) in [6, 6.07) is 5.29. The second kappa shape index (κ2) is 6.64. The Morgan fingerprint density at radius 3 is 2.86 bits per heavy atom. The van der Waals surface area contributed by atoms with E-state index >= 15 is 0 Å². The van der Waals surface area contributed by atoms with Crippen molar-refractivity contribution in [2.75, 3.05) is 19.0 Å². The Hall–Kier alpha value is -1.31. The van der Waals surface area contributed by atoms with Crippen LogP contribution in [0.15, 0.2) is 23.1 Å². The second-order valence-electron chi connectivity index (χ2n) is 5.48. The molecule has 2 rings (SSSR count). The third kappa shape index (κ3) is 4.33. The van der Waals surface area contributed by atoms with Crippen LogP contribution in [0.4, 0.5) is 5.69 Å². The summed E-state index contributed by atoms with van der Waals surface area (Å²) in [5.41, 5.74) is 0.648. The van der Waals surface area contributed by atoms with E-state index in [4.69, 9.17) is 9.88 Å². The van der Waals surface area contributed by atoms with Crippen molar-refractivity contribution in [1.82, 2.24) is 5.32 Å². The number of nitrogens with two attached hydrogens (primary N) is 1. The topological polar surface area (TPSA) is 93.5 Å². The van der Waals surface area contributed by atoms with Crippen LogP contribution in [0.2, 0.25) is 0 Å². The third-order valence-corrected chi connectivity index (χ3v) is 4.61. The molecular formula is C14H23N3O3S. The highest BCUT2D eigenvalue weighted by Crippen LogP contribution is 2.28. The largest absolute Gasteiger partial charge is 0.495 e. The molecule has 118 valence electrons. The fourth-order valence-corrected chi connectivity index (χ4v) is 3.23. The molecule has 0 aromatic heterocycles. The van der Waals surface area contributed by atoms with Crippen molar-refractivity contribution in [3.8, 4) is 5.75 Å². The molecule has 0 saturated carbocycles. The lowest BCUT2D eigenvalue weighted by Crippen LogP contribution is -2.29. The number of sulfonamides is 1. The molecule has 0 spiro atoms. The maximum Gasteiger partial charge on any atom is 0.238 e. The van der Waals surface area contributed by atoms with Crippen LogP contribution in [0.5, 0.6) is 5.75 Å². The highest BCUT2D eigenvalue weighted by atomic mass is 32.2. The zero-order valence-electron chi connectivity index (χ0n) is 12.4. The molecule has 21 heavy (non-hydrogen) atoms. The number of methoxy groups -OCH3 is 1. The van der Waals surface area contributed by atoms with Gasteiger partial charge in [-0.05, 0) is 50.9 Å². The Morgan fingerprint density at radius 2 is 2.29 bits per heavy atom. The number of hydrogen-bond donors (Lipinski definition) is 3. The molecule has 1 saturated heterocycles. The molecule has 2 atom stereocenters. The monoisotopic (exact) mass is 313 g/mol. The van der Waals surface area contributed by atoms with Gasteiger partial charge in [0.2, 0.25) is 10.0 Å². The number of rotatable bonds is 6. The van der Waals surface area contributed by atoms with Gasteiger partial charge in [-0.25, -0.2) is 13.6 Å². The average molecular weight is 313 g/mol. The maximum absolute atomic E-state index is 11.4. The van der Waals surface area contributed by atoms with E-state index in [1.807, 2.05) is 0 Å². The molecular weight excluding hydrogens is 290 g/mol. The van der Waals surface area contributed by atoms with Crippen LogP contribution < -0.4 is 20.5 Å². The molecule has 1 aromatic carbocycles. The number of nitrogens with one attached hydrogen (secondary N) is 2. The lowest BCUT2D eigenvalue weighted by molar-refractivity contribution is 0.415. The van der Waals surface area contributed by atoms with Crippen molar-refractivity contribution in [2.45, 2.75) is 43.2 Å². The summed E-state index contributed by atoms with van der Waals surface area (Å²) in [7, 11) is -2.16. The summed E-state index contributed by atoms with van der Waals surface area (Å²) in [6.07, 6.45) is 3.37. The van der Waals surface area contributed by atoms with E-state index in [2.05, 4.69) is 17.6 Å². The quantitative estimate of drug-likeness (QED) is 0.736. The maximum atomic E-state index is 11.4. The average Bonchev–Trinajstić information content (AvgIpc) is 2.90. The van der Waals surface area contributed by atoms with Crippen LogP contribution >= 0.6 is 0 Å². The molecule has 0 bridgehead atoms. The summed E-state index contributed by atoms with van der Waals surface area (Å²) in [6.45, 7) is 3.14. The van der Waals surface area contributed by atoms with Gasteiger partial charge in [-0.3, -0.25) is 0 Å². The van der Waals surface area contributed by atoms with E-state index in [-0.39, 0.29) is 10.9 Å². The zero-order chi connectivity index (χ0) is 15.5. The minimum atomic E-state index is -3.72. The summed E-state index contributed by atoms with van der Waals surface area (Å²) < 4.78 is 28.2. The highest BCUT2D eigenvalue weighted by Gasteiger charge is 2.18. The Bertz CT molecular complexity index is 583.